The van der Waals surface area contributed by atoms with Crippen molar-refractivity contribution in [2.45, 2.75) is 38.0 Å². The molecule has 0 atom stereocenters. The second-order valence-corrected chi connectivity index (χ2v) is 4.54. The Morgan fingerprint density at radius 1 is 1.43 bits per heavy atom. The summed E-state index contributed by atoms with van der Waals surface area (Å²) in [5.74, 6) is 1.15. The highest BCUT2D eigenvalue weighted by Crippen LogP contribution is 2.21. The Balaban J connectivity index is 2.42. The van der Waals surface area contributed by atoms with E-state index in [1.54, 1.807) is 12.4 Å². The van der Waals surface area contributed by atoms with Gasteiger partial charge in [0.1, 0.15) is 0 Å². The molecule has 0 fully saturated rings. The zero-order chi connectivity index (χ0) is 10.4. The summed E-state index contributed by atoms with van der Waals surface area (Å²) in [7, 11) is 0. The van der Waals surface area contributed by atoms with E-state index in [0.717, 1.165) is 16.0 Å². The Morgan fingerprint density at radius 3 is 2.86 bits per heavy atom. The molecule has 0 unspecified atom stereocenters. The average Bonchev–Trinajstić information content (AvgIpc) is 2.15. The SMILES string of the molecule is CCCCCSc1cc[n+]([O-])cc1C. The van der Waals surface area contributed by atoms with Gasteiger partial charge in [0.05, 0.1) is 0 Å². The van der Waals surface area contributed by atoms with E-state index in [0.29, 0.717) is 0 Å². The number of rotatable bonds is 5. The molecule has 1 heterocycles. The van der Waals surface area contributed by atoms with E-state index >= 15 is 0 Å². The van der Waals surface area contributed by atoms with Crippen molar-refractivity contribution in [3.63, 3.8) is 0 Å². The number of thioether (sulfide) groups is 1. The number of pyridine rings is 1. The quantitative estimate of drug-likeness (QED) is 0.324. The fourth-order valence-electron chi connectivity index (χ4n) is 1.27. The predicted octanol–water partition coefficient (Wildman–Crippen LogP) is 2.91. The molecule has 0 spiro atoms. The second kappa shape index (κ2) is 5.91. The largest absolute Gasteiger partial charge is 0.619 e. The molecular weight excluding hydrogens is 194 g/mol. The summed E-state index contributed by atoms with van der Waals surface area (Å²) < 4.78 is 0.853. The fourth-order valence-corrected chi connectivity index (χ4v) is 2.27. The zero-order valence-electron chi connectivity index (χ0n) is 8.82. The van der Waals surface area contributed by atoms with Gasteiger partial charge in [0.25, 0.3) is 0 Å². The highest BCUT2D eigenvalue weighted by molar-refractivity contribution is 7.99. The van der Waals surface area contributed by atoms with Crippen molar-refractivity contribution < 1.29 is 4.73 Å². The Bertz CT molecular complexity index is 289. The van der Waals surface area contributed by atoms with Gasteiger partial charge in [0.15, 0.2) is 12.4 Å². The number of hydrogen-bond acceptors (Lipinski definition) is 2. The summed E-state index contributed by atoms with van der Waals surface area (Å²) in [5.41, 5.74) is 1.07. The fraction of sp³-hybridized carbons (Fsp3) is 0.545. The molecule has 1 aromatic rings. The lowest BCUT2D eigenvalue weighted by molar-refractivity contribution is -0.606. The second-order valence-electron chi connectivity index (χ2n) is 3.41. The first-order valence-electron chi connectivity index (χ1n) is 5.06. The Hall–Kier alpha value is -0.700. The molecule has 3 heteroatoms. The topological polar surface area (TPSA) is 26.9 Å². The first-order valence-corrected chi connectivity index (χ1v) is 6.05. The third-order valence-corrected chi connectivity index (χ3v) is 3.35. The van der Waals surface area contributed by atoms with Gasteiger partial charge in [-0.05, 0) is 19.1 Å². The first-order chi connectivity index (χ1) is 6.74. The monoisotopic (exact) mass is 211 g/mol. The molecule has 0 saturated carbocycles. The minimum atomic E-state index is 0.853. The maximum absolute atomic E-state index is 10.9. The van der Waals surface area contributed by atoms with Gasteiger partial charge < -0.3 is 5.21 Å². The Kier molecular flexibility index (Phi) is 4.80. The predicted molar refractivity (Wildman–Crippen MR) is 60.4 cm³/mol. The lowest BCUT2D eigenvalue weighted by atomic mass is 10.3. The molecule has 0 bridgehead atoms. The van der Waals surface area contributed by atoms with Crippen molar-refractivity contribution in [1.29, 1.82) is 0 Å². The van der Waals surface area contributed by atoms with E-state index < -0.39 is 0 Å². The van der Waals surface area contributed by atoms with Crippen molar-refractivity contribution in [3.05, 3.63) is 29.2 Å². The van der Waals surface area contributed by atoms with Gasteiger partial charge in [-0.1, -0.05) is 19.8 Å². The van der Waals surface area contributed by atoms with Crippen LogP contribution in [0.25, 0.3) is 0 Å². The van der Waals surface area contributed by atoms with Crippen molar-refractivity contribution in [2.24, 2.45) is 0 Å². The molecule has 0 saturated heterocycles. The number of unbranched alkanes of at least 4 members (excludes halogenated alkanes) is 2. The van der Waals surface area contributed by atoms with Crippen LogP contribution in [0.4, 0.5) is 0 Å². The Labute approximate surface area is 89.9 Å². The van der Waals surface area contributed by atoms with Crippen molar-refractivity contribution >= 4 is 11.8 Å². The van der Waals surface area contributed by atoms with Crippen LogP contribution < -0.4 is 4.73 Å². The van der Waals surface area contributed by atoms with Gasteiger partial charge >= 0.3 is 0 Å². The Morgan fingerprint density at radius 2 is 2.21 bits per heavy atom. The van der Waals surface area contributed by atoms with Crippen molar-refractivity contribution in [2.75, 3.05) is 5.75 Å². The van der Waals surface area contributed by atoms with E-state index in [1.165, 1.54) is 24.2 Å². The lowest BCUT2D eigenvalue weighted by Crippen LogP contribution is -2.24. The molecule has 0 aliphatic heterocycles. The number of aryl methyl sites for hydroxylation is 1. The summed E-state index contributed by atoms with van der Waals surface area (Å²) >= 11 is 1.84. The minimum absolute atomic E-state index is 0.853. The minimum Gasteiger partial charge on any atom is -0.619 e. The lowest BCUT2D eigenvalue weighted by Gasteiger charge is -2.04. The van der Waals surface area contributed by atoms with Crippen LogP contribution in [0.1, 0.15) is 31.7 Å². The third kappa shape index (κ3) is 3.58. The molecule has 1 aromatic heterocycles. The molecule has 1 rings (SSSR count). The van der Waals surface area contributed by atoms with E-state index in [1.807, 2.05) is 24.8 Å². The number of nitrogens with zero attached hydrogens (tertiary/aromatic N) is 1. The van der Waals surface area contributed by atoms with E-state index in [2.05, 4.69) is 6.92 Å². The van der Waals surface area contributed by atoms with Crippen molar-refractivity contribution in [1.82, 2.24) is 0 Å². The average molecular weight is 211 g/mol. The van der Waals surface area contributed by atoms with Gasteiger partial charge in [-0.2, -0.15) is 4.73 Å². The number of aromatic nitrogens is 1. The van der Waals surface area contributed by atoms with Crippen LogP contribution in [-0.4, -0.2) is 5.75 Å². The van der Waals surface area contributed by atoms with Crippen LogP contribution >= 0.6 is 11.8 Å². The molecule has 2 nitrogen and oxygen atoms in total. The molecule has 0 N–H and O–H groups in total. The van der Waals surface area contributed by atoms with Crippen LogP contribution in [0.15, 0.2) is 23.4 Å². The smallest absolute Gasteiger partial charge is 0.184 e. The van der Waals surface area contributed by atoms with Crippen LogP contribution in [0.3, 0.4) is 0 Å². The van der Waals surface area contributed by atoms with Crippen LogP contribution in [0.5, 0.6) is 0 Å². The summed E-state index contributed by atoms with van der Waals surface area (Å²) in [6.07, 6.45) is 7.00. The first kappa shape index (κ1) is 11.4. The zero-order valence-corrected chi connectivity index (χ0v) is 9.64. The number of hydrogen-bond donors (Lipinski definition) is 0. The molecule has 0 radical (unpaired) electrons. The van der Waals surface area contributed by atoms with Crippen LogP contribution in [-0.2, 0) is 0 Å². The van der Waals surface area contributed by atoms with E-state index in [4.69, 9.17) is 0 Å². The highest BCUT2D eigenvalue weighted by Gasteiger charge is 2.01. The van der Waals surface area contributed by atoms with Gasteiger partial charge in [0.2, 0.25) is 0 Å². The summed E-state index contributed by atoms with van der Waals surface area (Å²) in [4.78, 5) is 1.23. The molecule has 0 aliphatic rings. The van der Waals surface area contributed by atoms with Gasteiger partial charge in [-0.15, -0.1) is 11.8 Å². The molecule has 78 valence electrons. The van der Waals surface area contributed by atoms with E-state index in [-0.39, 0.29) is 0 Å². The van der Waals surface area contributed by atoms with Crippen molar-refractivity contribution in [3.8, 4) is 0 Å². The van der Waals surface area contributed by atoms with Crippen LogP contribution in [0.2, 0.25) is 0 Å². The molecule has 14 heavy (non-hydrogen) atoms. The standard InChI is InChI=1S/C11H17NOS/c1-3-4-5-8-14-11-6-7-12(13)9-10(11)2/h6-7,9H,3-5,8H2,1-2H3. The molecule has 0 amide bonds. The summed E-state index contributed by atoms with van der Waals surface area (Å²) in [6, 6.07) is 1.90. The van der Waals surface area contributed by atoms with Crippen LogP contribution in [0, 0.1) is 12.1 Å². The maximum atomic E-state index is 10.9. The maximum Gasteiger partial charge on any atom is 0.184 e. The van der Waals surface area contributed by atoms with E-state index in [9.17, 15) is 5.21 Å². The summed E-state index contributed by atoms with van der Waals surface area (Å²) in [5, 5.41) is 10.9. The molecule has 0 aliphatic carbocycles. The third-order valence-electron chi connectivity index (χ3n) is 2.09. The van der Waals surface area contributed by atoms with Gasteiger partial charge in [-0.25, -0.2) is 0 Å². The van der Waals surface area contributed by atoms with Gasteiger partial charge in [-0.3, -0.25) is 0 Å². The molecule has 0 aromatic carbocycles. The summed E-state index contributed by atoms with van der Waals surface area (Å²) in [6.45, 7) is 4.19. The highest BCUT2D eigenvalue weighted by atomic mass is 32.2. The van der Waals surface area contributed by atoms with Gasteiger partial charge in [0, 0.05) is 16.5 Å². The normalized spacial score (nSPS) is 10.4. The molecular formula is C11H17NOS.